The number of hydrogen-bond acceptors (Lipinski definition) is 4. The molecule has 0 N–H and O–H groups in total. The molecule has 0 fully saturated rings. The third-order valence-corrected chi connectivity index (χ3v) is 3.48. The van der Waals surface area contributed by atoms with E-state index in [4.69, 9.17) is 0 Å². The predicted molar refractivity (Wildman–Crippen MR) is 104 cm³/mol. The smallest absolute Gasteiger partial charge is 0.875 e. The van der Waals surface area contributed by atoms with Gasteiger partial charge in [0.1, 0.15) is 0 Å². The Bertz CT molecular complexity index is 505. The van der Waals surface area contributed by atoms with E-state index in [1.54, 1.807) is 0 Å². The molecule has 0 bridgehead atoms. The quantitative estimate of drug-likeness (QED) is 0.378. The van der Waals surface area contributed by atoms with Crippen LogP contribution in [0.15, 0.2) is 23.7 Å². The molecule has 0 aromatic heterocycles. The summed E-state index contributed by atoms with van der Waals surface area (Å²) in [4.78, 5) is 22.9. The predicted octanol–water partition coefficient (Wildman–Crippen LogP) is 3.78. The topological polar surface area (TPSA) is 80.3 Å². The Morgan fingerprint density at radius 3 is 0.815 bits per heavy atom. The zero-order valence-electron chi connectivity index (χ0n) is 19.5. The Labute approximate surface area is 179 Å². The van der Waals surface area contributed by atoms with Crippen molar-refractivity contribution in [3.05, 3.63) is 23.7 Å². The van der Waals surface area contributed by atoms with Crippen LogP contribution in [0.1, 0.15) is 83.1 Å². The third kappa shape index (κ3) is 13.8. The maximum absolute atomic E-state index is 11.4. The van der Waals surface area contributed by atoms with E-state index in [0.717, 1.165) is 0 Å². The summed E-state index contributed by atoms with van der Waals surface area (Å²) in [5.41, 5.74) is -1.83. The van der Waals surface area contributed by atoms with Gasteiger partial charge >= 0.3 is 19.5 Å². The van der Waals surface area contributed by atoms with E-state index in [1.807, 2.05) is 83.1 Å². The maximum Gasteiger partial charge on any atom is 2.00 e. The van der Waals surface area contributed by atoms with Crippen molar-refractivity contribution in [1.82, 2.24) is 0 Å². The van der Waals surface area contributed by atoms with Gasteiger partial charge < -0.3 is 10.2 Å². The van der Waals surface area contributed by atoms with Gasteiger partial charge in [-0.05, 0) is 23.0 Å². The summed E-state index contributed by atoms with van der Waals surface area (Å²) in [6.45, 7) is 21.7. The molecule has 0 atom stereocenters. The molecular formula is C22H38O4Zn. The van der Waals surface area contributed by atoms with E-state index < -0.39 is 21.7 Å². The largest absolute Gasteiger partial charge is 2.00 e. The van der Waals surface area contributed by atoms with Crippen LogP contribution in [0.3, 0.4) is 0 Å². The van der Waals surface area contributed by atoms with Crippen LogP contribution >= 0.6 is 0 Å². The van der Waals surface area contributed by atoms with E-state index in [0.29, 0.717) is 0 Å². The Hall–Kier alpha value is -0.957. The molecule has 0 radical (unpaired) electrons. The molecule has 0 saturated carbocycles. The van der Waals surface area contributed by atoms with Crippen LogP contribution < -0.4 is 10.2 Å². The Morgan fingerprint density at radius 1 is 0.519 bits per heavy atom. The summed E-state index contributed by atoms with van der Waals surface area (Å²) in [5, 5.41) is 22.9. The minimum absolute atomic E-state index is 0. The van der Waals surface area contributed by atoms with Crippen LogP contribution in [-0.2, 0) is 29.1 Å². The standard InChI is InChI=1S/2C11H20O2.Zn/c2*1-10(2,3)8(12)7-9(13)11(4,5)6;/h2*7,12H,1-6H3;/q;;+2/p-2/b2*8-7-;. The summed E-state index contributed by atoms with van der Waals surface area (Å²) in [5.74, 6) is -0.417. The Balaban J connectivity index is -0.000000411. The number of carbonyl (C=O) groups is 2. The van der Waals surface area contributed by atoms with E-state index in [-0.39, 0.29) is 42.6 Å². The summed E-state index contributed by atoms with van der Waals surface area (Å²) >= 11 is 0. The van der Waals surface area contributed by atoms with Crippen molar-refractivity contribution in [2.75, 3.05) is 0 Å². The van der Waals surface area contributed by atoms with Crippen LogP contribution in [0.25, 0.3) is 0 Å². The first-order valence-electron chi connectivity index (χ1n) is 8.97. The summed E-state index contributed by atoms with van der Waals surface area (Å²) in [6.07, 6.45) is 2.44. The van der Waals surface area contributed by atoms with Crippen LogP contribution in [0.2, 0.25) is 0 Å². The van der Waals surface area contributed by atoms with Gasteiger partial charge in [-0.25, -0.2) is 0 Å². The molecule has 5 heteroatoms. The molecule has 0 rings (SSSR count). The molecule has 0 aromatic carbocycles. The van der Waals surface area contributed by atoms with Gasteiger partial charge in [0.05, 0.1) is 0 Å². The van der Waals surface area contributed by atoms with Crippen molar-refractivity contribution in [2.24, 2.45) is 21.7 Å². The first kappa shape index (κ1) is 30.8. The molecule has 0 heterocycles. The zero-order chi connectivity index (χ0) is 21.7. The fourth-order valence-corrected chi connectivity index (χ4v) is 1.10. The van der Waals surface area contributed by atoms with Crippen molar-refractivity contribution in [1.29, 1.82) is 0 Å². The molecule has 0 spiro atoms. The number of ketones is 2. The zero-order valence-corrected chi connectivity index (χ0v) is 22.5. The van der Waals surface area contributed by atoms with E-state index >= 15 is 0 Å². The third-order valence-electron chi connectivity index (χ3n) is 3.48. The molecule has 4 nitrogen and oxygen atoms in total. The van der Waals surface area contributed by atoms with Gasteiger partial charge in [-0.15, -0.1) is 11.5 Å². The van der Waals surface area contributed by atoms with Gasteiger partial charge in [0.25, 0.3) is 0 Å². The van der Waals surface area contributed by atoms with Crippen molar-refractivity contribution in [3.8, 4) is 0 Å². The number of hydrogen-bond donors (Lipinski definition) is 0. The monoisotopic (exact) mass is 430 g/mol. The Kier molecular flexibility index (Phi) is 12.0. The summed E-state index contributed by atoms with van der Waals surface area (Å²) < 4.78 is 0. The molecule has 152 valence electrons. The molecule has 0 amide bonds. The molecule has 0 aliphatic heterocycles. The number of carbonyl (C=O) groups excluding carboxylic acids is 2. The van der Waals surface area contributed by atoms with Gasteiger partial charge in [-0.1, -0.05) is 83.1 Å². The molecule has 0 aliphatic rings. The van der Waals surface area contributed by atoms with Gasteiger partial charge in [-0.3, -0.25) is 9.59 Å². The van der Waals surface area contributed by atoms with Crippen LogP contribution in [-0.4, -0.2) is 11.6 Å². The fraction of sp³-hybridized carbons (Fsp3) is 0.727. The average Bonchev–Trinajstić information content (AvgIpc) is 2.34. The molecule has 0 unspecified atom stereocenters. The van der Waals surface area contributed by atoms with Crippen LogP contribution in [0.4, 0.5) is 0 Å². The second-order valence-electron chi connectivity index (χ2n) is 10.7. The maximum atomic E-state index is 11.4. The van der Waals surface area contributed by atoms with Crippen molar-refractivity contribution >= 4 is 11.6 Å². The number of allylic oxidation sites excluding steroid dienone is 4. The van der Waals surface area contributed by atoms with Crippen LogP contribution in [0, 0.1) is 21.7 Å². The normalized spacial score (nSPS) is 13.9. The van der Waals surface area contributed by atoms with Crippen molar-refractivity contribution in [2.45, 2.75) is 83.1 Å². The van der Waals surface area contributed by atoms with E-state index in [2.05, 4.69) is 0 Å². The summed E-state index contributed by atoms with van der Waals surface area (Å²) in [7, 11) is 0. The van der Waals surface area contributed by atoms with Crippen LogP contribution in [0.5, 0.6) is 0 Å². The van der Waals surface area contributed by atoms with E-state index in [9.17, 15) is 19.8 Å². The van der Waals surface area contributed by atoms with Gasteiger partial charge in [0.2, 0.25) is 0 Å². The second kappa shape index (κ2) is 10.6. The second-order valence-corrected chi connectivity index (χ2v) is 10.7. The molecular weight excluding hydrogens is 394 g/mol. The minimum atomic E-state index is -0.457. The number of rotatable bonds is 2. The molecule has 0 saturated heterocycles. The van der Waals surface area contributed by atoms with E-state index in [1.165, 1.54) is 12.2 Å². The average molecular weight is 432 g/mol. The van der Waals surface area contributed by atoms with Gasteiger partial charge in [-0.2, -0.15) is 0 Å². The van der Waals surface area contributed by atoms with Gasteiger partial charge in [0.15, 0.2) is 11.6 Å². The molecule has 27 heavy (non-hydrogen) atoms. The molecule has 0 aliphatic carbocycles. The Morgan fingerprint density at radius 2 is 0.704 bits per heavy atom. The first-order chi connectivity index (χ1) is 11.1. The van der Waals surface area contributed by atoms with Gasteiger partial charge in [0, 0.05) is 10.8 Å². The molecule has 0 aromatic rings. The summed E-state index contributed by atoms with van der Waals surface area (Å²) in [6, 6.07) is 0. The minimum Gasteiger partial charge on any atom is -0.875 e. The van der Waals surface area contributed by atoms with Crippen molar-refractivity contribution in [3.63, 3.8) is 0 Å². The van der Waals surface area contributed by atoms with Crippen molar-refractivity contribution < 1.29 is 39.3 Å². The fourth-order valence-electron chi connectivity index (χ4n) is 1.10. The SMILES string of the molecule is CC(C)(C)C(=O)/C=C(\[O-])C(C)(C)C.CC(C)(C)C(=O)/C=C(\[O-])C(C)(C)C.[Zn+2]. The first-order valence-corrected chi connectivity index (χ1v) is 8.97.